The molecule has 9 nitrogen and oxygen atoms in total. The van der Waals surface area contributed by atoms with Crippen LogP contribution in [0.25, 0.3) is 0 Å². The average Bonchev–Trinajstić information content (AvgIpc) is 2.82. The zero-order valence-electron chi connectivity index (χ0n) is 21.0. The minimum atomic E-state index is -4.99. The summed E-state index contributed by atoms with van der Waals surface area (Å²) in [4.78, 5) is 10.4. The van der Waals surface area contributed by atoms with Gasteiger partial charge in [0.2, 0.25) is 5.95 Å². The quantitative estimate of drug-likeness (QED) is 0.298. The van der Waals surface area contributed by atoms with Gasteiger partial charge in [-0.15, -0.1) is 3.89 Å². The fraction of sp³-hybridized carbons (Fsp3) is 0.333. The number of methoxy groups -OCH3 is 1. The third-order valence-corrected chi connectivity index (χ3v) is 9.02. The number of ether oxygens (including phenoxy) is 1. The van der Waals surface area contributed by atoms with E-state index in [2.05, 4.69) is 39.5 Å². The van der Waals surface area contributed by atoms with Crippen LogP contribution in [0.5, 0.6) is 5.75 Å². The van der Waals surface area contributed by atoms with E-state index in [1.54, 1.807) is 7.11 Å². The third-order valence-electron chi connectivity index (χ3n) is 6.38. The minimum absolute atomic E-state index is 0.113. The molecule has 2 aromatic carbocycles. The number of hydrogen-bond donors (Lipinski definition) is 2. The number of fused-ring (bicyclic) bond motifs is 1. The smallest absolute Gasteiger partial charge is 0.332 e. The highest BCUT2D eigenvalue weighted by atomic mass is 35.5. The van der Waals surface area contributed by atoms with Crippen LogP contribution in [0.2, 0.25) is 5.02 Å². The summed E-state index contributed by atoms with van der Waals surface area (Å²) in [6.45, 7) is 6.13. The van der Waals surface area contributed by atoms with Crippen molar-refractivity contribution in [2.45, 2.75) is 24.3 Å². The van der Waals surface area contributed by atoms with E-state index in [4.69, 9.17) is 16.3 Å². The molecule has 13 heteroatoms. The van der Waals surface area contributed by atoms with Gasteiger partial charge in [0, 0.05) is 17.9 Å². The maximum Gasteiger partial charge on any atom is 0.332 e. The lowest BCUT2D eigenvalue weighted by Crippen LogP contribution is -2.30. The van der Waals surface area contributed by atoms with E-state index >= 15 is 0 Å². The van der Waals surface area contributed by atoms with Crippen molar-refractivity contribution in [1.29, 1.82) is 0 Å². The van der Waals surface area contributed by atoms with E-state index in [1.165, 1.54) is 36.7 Å². The molecule has 0 bridgehead atoms. The van der Waals surface area contributed by atoms with Gasteiger partial charge in [-0.2, -0.15) is 13.4 Å². The second kappa shape index (κ2) is 10.2. The van der Waals surface area contributed by atoms with Crippen molar-refractivity contribution in [3.63, 3.8) is 0 Å². The van der Waals surface area contributed by atoms with Gasteiger partial charge in [-0.25, -0.2) is 4.98 Å². The molecule has 0 radical (unpaired) electrons. The Morgan fingerprint density at radius 1 is 1.19 bits per heavy atom. The monoisotopic (exact) mass is 567 g/mol. The highest BCUT2D eigenvalue weighted by Gasteiger charge is 2.24. The Balaban J connectivity index is 1.72. The van der Waals surface area contributed by atoms with Crippen molar-refractivity contribution in [3.8, 4) is 5.75 Å². The van der Waals surface area contributed by atoms with E-state index in [0.29, 0.717) is 16.7 Å². The van der Waals surface area contributed by atoms with Gasteiger partial charge in [-0.3, -0.25) is 4.90 Å². The number of anilines is 4. The van der Waals surface area contributed by atoms with Gasteiger partial charge in [0.15, 0.2) is 5.82 Å². The van der Waals surface area contributed by atoms with Crippen LogP contribution in [-0.4, -0.2) is 57.3 Å². The molecule has 1 aromatic heterocycles. The van der Waals surface area contributed by atoms with E-state index < -0.39 is 22.3 Å². The Morgan fingerprint density at radius 3 is 2.57 bits per heavy atom. The molecule has 1 unspecified atom stereocenters. The van der Waals surface area contributed by atoms with Crippen LogP contribution in [0, 0.1) is 0 Å². The summed E-state index contributed by atoms with van der Waals surface area (Å²) in [6, 6.07) is 7.70. The Labute approximate surface area is 221 Å². The fourth-order valence-corrected chi connectivity index (χ4v) is 6.00. The first-order chi connectivity index (χ1) is 17.3. The van der Waals surface area contributed by atoms with Crippen molar-refractivity contribution in [1.82, 2.24) is 14.9 Å². The fourth-order valence-electron chi connectivity index (χ4n) is 4.24. The first-order valence-electron chi connectivity index (χ1n) is 11.4. The molecule has 4 rings (SSSR count). The van der Waals surface area contributed by atoms with Crippen LogP contribution in [0.3, 0.4) is 0 Å². The molecule has 0 saturated heterocycles. The second-order valence-corrected chi connectivity index (χ2v) is 14.2. The van der Waals surface area contributed by atoms with Crippen LogP contribution in [0.15, 0.2) is 41.4 Å². The maximum atomic E-state index is 13.7. The second-order valence-electron chi connectivity index (χ2n) is 9.27. The molecular formula is C24H28ClFN5O4PS. The number of halogens is 2. The van der Waals surface area contributed by atoms with Gasteiger partial charge < -0.3 is 19.9 Å². The Hall–Kier alpha value is -2.72. The number of hydrogen-bond acceptors (Lipinski definition) is 9. The molecule has 3 aromatic rings. The summed E-state index contributed by atoms with van der Waals surface area (Å²) in [5.74, 6) is 0.936. The largest absolute Gasteiger partial charge is 0.495 e. The lowest BCUT2D eigenvalue weighted by atomic mass is 9.93. The minimum Gasteiger partial charge on any atom is -0.495 e. The van der Waals surface area contributed by atoms with Crippen molar-refractivity contribution >= 4 is 57.4 Å². The number of rotatable bonds is 7. The zero-order chi connectivity index (χ0) is 27.1. The summed E-state index contributed by atoms with van der Waals surface area (Å²) in [5, 5.41) is 6.52. The lowest BCUT2D eigenvalue weighted by Gasteiger charge is -2.33. The van der Waals surface area contributed by atoms with Crippen molar-refractivity contribution in [2.24, 2.45) is 0 Å². The van der Waals surface area contributed by atoms with Crippen molar-refractivity contribution < 1.29 is 21.6 Å². The third kappa shape index (κ3) is 5.90. The van der Waals surface area contributed by atoms with Gasteiger partial charge in [-0.05, 0) is 75.2 Å². The van der Waals surface area contributed by atoms with Crippen molar-refractivity contribution in [2.75, 3.05) is 44.7 Å². The van der Waals surface area contributed by atoms with Crippen LogP contribution < -0.4 is 20.7 Å². The first kappa shape index (κ1) is 27.3. The number of nitrogens with zero attached hydrogens (tertiary/aromatic N) is 3. The number of nitrogens with one attached hydrogen (secondary N) is 2. The van der Waals surface area contributed by atoms with Gasteiger partial charge in [-0.1, -0.05) is 11.6 Å². The topological polar surface area (TPSA) is 114 Å². The van der Waals surface area contributed by atoms with Crippen LogP contribution in [0.1, 0.15) is 24.1 Å². The SMILES string of the molecule is COc1cc2c(cc1Nc1ncc(Cl)c(Nc3cc(S(=O)(=O)F)ccc3P(C)(C)=O)n1)C(C)N(C)CC2. The summed E-state index contributed by atoms with van der Waals surface area (Å²) >= 11 is 6.33. The predicted molar refractivity (Wildman–Crippen MR) is 145 cm³/mol. The average molecular weight is 568 g/mol. The van der Waals surface area contributed by atoms with E-state index in [1.807, 2.05) is 12.1 Å². The van der Waals surface area contributed by atoms with Gasteiger partial charge in [0.05, 0.1) is 24.7 Å². The molecule has 1 atom stereocenters. The van der Waals surface area contributed by atoms with Crippen LogP contribution in [0.4, 0.5) is 27.0 Å². The molecule has 1 aliphatic rings. The molecule has 2 N–H and O–H groups in total. The maximum absolute atomic E-state index is 13.7. The summed E-state index contributed by atoms with van der Waals surface area (Å²) in [7, 11) is -4.21. The van der Waals surface area contributed by atoms with Gasteiger partial charge >= 0.3 is 10.2 Å². The summed E-state index contributed by atoms with van der Waals surface area (Å²) in [6.07, 6.45) is 2.28. The van der Waals surface area contributed by atoms with E-state index in [9.17, 15) is 16.9 Å². The standard InChI is InChI=1S/C24H28ClFN5O4PS/c1-14-17-12-19(21(35-3)10-15(17)8-9-31(14)2)29-24-27-13-18(25)23(30-24)28-20-11-16(37(26,33)34)6-7-22(20)36(4,5)32/h6-7,10-14H,8-9H2,1-5H3,(H2,27,28,29,30). The number of aromatic nitrogens is 2. The Morgan fingerprint density at radius 2 is 1.92 bits per heavy atom. The molecular weight excluding hydrogens is 540 g/mol. The normalized spacial score (nSPS) is 16.2. The Bertz CT molecular complexity index is 1520. The highest BCUT2D eigenvalue weighted by Crippen LogP contribution is 2.40. The predicted octanol–water partition coefficient (Wildman–Crippen LogP) is 5.08. The molecule has 198 valence electrons. The summed E-state index contributed by atoms with van der Waals surface area (Å²) in [5.41, 5.74) is 3.15. The molecule has 0 aliphatic carbocycles. The zero-order valence-corrected chi connectivity index (χ0v) is 23.5. The molecule has 0 spiro atoms. The first-order valence-corrected chi connectivity index (χ1v) is 15.8. The number of likely N-dealkylation sites (N-methyl/N-ethyl adjacent to an activating group) is 1. The van der Waals surface area contributed by atoms with Crippen LogP contribution >= 0.6 is 18.7 Å². The van der Waals surface area contributed by atoms with Gasteiger partial charge in [0.1, 0.15) is 22.8 Å². The highest BCUT2D eigenvalue weighted by molar-refractivity contribution is 7.86. The molecule has 2 heterocycles. The van der Waals surface area contributed by atoms with Gasteiger partial charge in [0.25, 0.3) is 0 Å². The van der Waals surface area contributed by atoms with E-state index in [0.717, 1.165) is 25.1 Å². The molecule has 1 aliphatic heterocycles. The Kier molecular flexibility index (Phi) is 7.54. The molecule has 37 heavy (non-hydrogen) atoms. The van der Waals surface area contributed by atoms with Crippen LogP contribution in [-0.2, 0) is 21.2 Å². The molecule has 0 saturated carbocycles. The summed E-state index contributed by atoms with van der Waals surface area (Å²) < 4.78 is 55.1. The van der Waals surface area contributed by atoms with E-state index in [-0.39, 0.29) is 28.5 Å². The van der Waals surface area contributed by atoms with Crippen molar-refractivity contribution in [3.05, 3.63) is 52.7 Å². The lowest BCUT2D eigenvalue weighted by molar-refractivity contribution is 0.247. The molecule has 0 amide bonds. The molecule has 0 fully saturated rings. The number of benzene rings is 2.